The number of ether oxygens (including phenoxy) is 1. The topological polar surface area (TPSA) is 73.4 Å². The van der Waals surface area contributed by atoms with Crippen molar-refractivity contribution in [3.8, 4) is 0 Å². The number of nitrogens with one attached hydrogen (secondary N) is 2. The minimum absolute atomic E-state index is 0.0712. The summed E-state index contributed by atoms with van der Waals surface area (Å²) >= 11 is -1.17. The summed E-state index contributed by atoms with van der Waals surface area (Å²) in [5.74, 6) is -0.149. The molecule has 35 heavy (non-hydrogen) atoms. The number of hydrogen-bond acceptors (Lipinski definition) is 5. The summed E-state index contributed by atoms with van der Waals surface area (Å²) in [7, 11) is 0. The van der Waals surface area contributed by atoms with E-state index >= 15 is 0 Å². The molecule has 1 aromatic carbocycles. The lowest BCUT2D eigenvalue weighted by Gasteiger charge is -2.37. The highest BCUT2D eigenvalue weighted by Gasteiger charge is 2.57. The SMILES string of the molecule is CCCCCCCC(C)C(=O)OC1NCCC12CCC(Cc1ccccc1)(N[S+]([O-])C(C)(C)C)C2. The second-order valence-corrected chi connectivity index (χ2v) is 14.1. The molecular weight excluding hydrogens is 456 g/mol. The maximum Gasteiger partial charge on any atom is 0.310 e. The summed E-state index contributed by atoms with van der Waals surface area (Å²) < 4.78 is 22.6. The van der Waals surface area contributed by atoms with Crippen LogP contribution >= 0.6 is 0 Å². The van der Waals surface area contributed by atoms with Crippen LogP contribution in [0.4, 0.5) is 0 Å². The number of carbonyl (C=O) groups excluding carboxylic acids is 1. The van der Waals surface area contributed by atoms with E-state index in [0.29, 0.717) is 0 Å². The predicted octanol–water partition coefficient (Wildman–Crippen LogP) is 6.05. The first-order valence-electron chi connectivity index (χ1n) is 13.8. The van der Waals surface area contributed by atoms with Crippen LogP contribution < -0.4 is 10.0 Å². The van der Waals surface area contributed by atoms with Gasteiger partial charge in [-0.2, -0.15) is 0 Å². The molecule has 6 heteroatoms. The Bertz CT molecular complexity index is 799. The fourth-order valence-electron chi connectivity index (χ4n) is 5.76. The van der Waals surface area contributed by atoms with E-state index in [9.17, 15) is 9.35 Å². The Labute approximate surface area is 216 Å². The Kier molecular flexibility index (Phi) is 10.1. The van der Waals surface area contributed by atoms with Crippen molar-refractivity contribution in [3.05, 3.63) is 35.9 Å². The summed E-state index contributed by atoms with van der Waals surface area (Å²) in [5.41, 5.74) is 0.862. The molecule has 1 saturated heterocycles. The van der Waals surface area contributed by atoms with Crippen LogP contribution in [-0.4, -0.2) is 33.6 Å². The molecular formula is C29H48N2O3S. The number of rotatable bonds is 12. The Morgan fingerprint density at radius 3 is 2.57 bits per heavy atom. The van der Waals surface area contributed by atoms with Crippen LogP contribution in [0.1, 0.15) is 104 Å². The number of esters is 1. The van der Waals surface area contributed by atoms with Crippen LogP contribution in [0.15, 0.2) is 30.3 Å². The molecule has 1 aromatic rings. The molecule has 1 aliphatic carbocycles. The largest absolute Gasteiger partial charge is 0.598 e. The van der Waals surface area contributed by atoms with Gasteiger partial charge in [0.2, 0.25) is 0 Å². The zero-order valence-corrected chi connectivity index (χ0v) is 23.5. The second kappa shape index (κ2) is 12.4. The molecule has 1 saturated carbocycles. The van der Waals surface area contributed by atoms with Crippen molar-refractivity contribution in [1.82, 2.24) is 10.0 Å². The van der Waals surface area contributed by atoms with Crippen LogP contribution in [0, 0.1) is 11.3 Å². The van der Waals surface area contributed by atoms with Gasteiger partial charge in [-0.3, -0.25) is 10.1 Å². The monoisotopic (exact) mass is 504 g/mol. The molecule has 2 N–H and O–H groups in total. The van der Waals surface area contributed by atoms with Crippen molar-refractivity contribution in [1.29, 1.82) is 0 Å². The zero-order chi connectivity index (χ0) is 25.5. The van der Waals surface area contributed by atoms with E-state index in [1.807, 2.05) is 33.8 Å². The Morgan fingerprint density at radius 2 is 1.89 bits per heavy atom. The van der Waals surface area contributed by atoms with Crippen LogP contribution in [-0.2, 0) is 27.3 Å². The van der Waals surface area contributed by atoms with E-state index < -0.39 is 11.4 Å². The molecule has 0 bridgehead atoms. The van der Waals surface area contributed by atoms with E-state index in [2.05, 4.69) is 41.2 Å². The molecule has 0 radical (unpaired) electrons. The third-order valence-electron chi connectivity index (χ3n) is 7.93. The lowest BCUT2D eigenvalue weighted by Crippen LogP contribution is -2.54. The molecule has 0 aromatic heterocycles. The second-order valence-electron chi connectivity index (χ2n) is 12.1. The summed E-state index contributed by atoms with van der Waals surface area (Å²) in [5, 5.41) is 3.50. The molecule has 5 unspecified atom stereocenters. The van der Waals surface area contributed by atoms with Gasteiger partial charge in [-0.15, -0.1) is 4.72 Å². The minimum atomic E-state index is -1.17. The maximum atomic E-state index is 13.2. The quantitative estimate of drug-likeness (QED) is 0.206. The number of hydrogen-bond donors (Lipinski definition) is 2. The van der Waals surface area contributed by atoms with Crippen LogP contribution in [0.25, 0.3) is 0 Å². The molecule has 198 valence electrons. The lowest BCUT2D eigenvalue weighted by molar-refractivity contribution is -0.161. The minimum Gasteiger partial charge on any atom is -0.598 e. The Hall–Kier alpha value is -1.08. The molecule has 1 heterocycles. The first-order chi connectivity index (χ1) is 16.6. The van der Waals surface area contributed by atoms with Crippen LogP contribution in [0.2, 0.25) is 0 Å². The third kappa shape index (κ3) is 7.70. The van der Waals surface area contributed by atoms with Gasteiger partial charge in [-0.05, 0) is 71.4 Å². The van der Waals surface area contributed by atoms with Gasteiger partial charge in [0.15, 0.2) is 6.23 Å². The average Bonchev–Trinajstić information content (AvgIpc) is 3.36. The lowest BCUT2D eigenvalue weighted by atomic mass is 9.80. The summed E-state index contributed by atoms with van der Waals surface area (Å²) in [6, 6.07) is 10.5. The van der Waals surface area contributed by atoms with Gasteiger partial charge in [-0.1, -0.05) is 76.3 Å². The molecule has 3 rings (SSSR count). The van der Waals surface area contributed by atoms with Gasteiger partial charge in [0.1, 0.15) is 4.75 Å². The maximum absolute atomic E-state index is 13.2. The predicted molar refractivity (Wildman–Crippen MR) is 145 cm³/mol. The number of carbonyl (C=O) groups is 1. The van der Waals surface area contributed by atoms with Gasteiger partial charge in [0.05, 0.1) is 11.5 Å². The Balaban J connectivity index is 1.68. The van der Waals surface area contributed by atoms with Crippen molar-refractivity contribution < 1.29 is 14.1 Å². The molecule has 1 aliphatic heterocycles. The van der Waals surface area contributed by atoms with Gasteiger partial charge in [0, 0.05) is 16.8 Å². The fourth-order valence-corrected chi connectivity index (χ4v) is 6.70. The standard InChI is InChI=1S/C29H48N2O3S/c1-6-7-8-9-11-14-23(2)25(32)34-26-28(19-20-30-26)17-18-29(22-28,31-35(33)27(3,4)5)21-24-15-12-10-13-16-24/h10,12-13,15-16,23,26,30-31H,6-9,11,14,17-22H2,1-5H3. The summed E-state index contributed by atoms with van der Waals surface area (Å²) in [6.45, 7) is 11.1. The van der Waals surface area contributed by atoms with E-state index in [1.165, 1.54) is 31.2 Å². The Morgan fingerprint density at radius 1 is 1.17 bits per heavy atom. The molecule has 2 aliphatic rings. The molecule has 5 nitrogen and oxygen atoms in total. The molecule has 5 atom stereocenters. The van der Waals surface area contributed by atoms with Gasteiger partial charge in [-0.25, -0.2) is 0 Å². The van der Waals surface area contributed by atoms with E-state index in [4.69, 9.17) is 4.74 Å². The van der Waals surface area contributed by atoms with Gasteiger partial charge in [0.25, 0.3) is 0 Å². The van der Waals surface area contributed by atoms with Gasteiger partial charge < -0.3 is 9.29 Å². The van der Waals surface area contributed by atoms with E-state index in [-0.39, 0.29) is 33.8 Å². The molecule has 1 spiro atoms. The first-order valence-corrected chi connectivity index (χ1v) is 14.9. The van der Waals surface area contributed by atoms with Gasteiger partial charge >= 0.3 is 5.97 Å². The highest BCUT2D eigenvalue weighted by atomic mass is 32.2. The summed E-state index contributed by atoms with van der Waals surface area (Å²) in [4.78, 5) is 13.0. The third-order valence-corrected chi connectivity index (χ3v) is 9.66. The zero-order valence-electron chi connectivity index (χ0n) is 22.7. The number of unbranched alkanes of at least 4 members (excludes halogenated alkanes) is 4. The normalized spacial score (nSPS) is 28.3. The first kappa shape index (κ1) is 28.5. The van der Waals surface area contributed by atoms with Crippen LogP contribution in [0.3, 0.4) is 0 Å². The van der Waals surface area contributed by atoms with E-state index in [0.717, 1.165) is 51.5 Å². The van der Waals surface area contributed by atoms with Crippen molar-refractivity contribution in [2.75, 3.05) is 6.54 Å². The van der Waals surface area contributed by atoms with E-state index in [1.54, 1.807) is 0 Å². The highest BCUT2D eigenvalue weighted by Crippen LogP contribution is 2.53. The van der Waals surface area contributed by atoms with Crippen molar-refractivity contribution in [3.63, 3.8) is 0 Å². The highest BCUT2D eigenvalue weighted by molar-refractivity contribution is 7.90. The smallest absolute Gasteiger partial charge is 0.310 e. The van der Waals surface area contributed by atoms with Crippen LogP contribution in [0.5, 0.6) is 0 Å². The van der Waals surface area contributed by atoms with Crippen molar-refractivity contribution in [2.45, 2.75) is 122 Å². The molecule has 0 amide bonds. The van der Waals surface area contributed by atoms with Crippen molar-refractivity contribution in [2.24, 2.45) is 11.3 Å². The van der Waals surface area contributed by atoms with Crippen molar-refractivity contribution >= 4 is 17.3 Å². The fraction of sp³-hybridized carbons (Fsp3) is 0.759. The average molecular weight is 505 g/mol. The number of benzene rings is 1. The molecule has 2 fully saturated rings. The summed E-state index contributed by atoms with van der Waals surface area (Å²) in [6.07, 6.45) is 11.2.